The van der Waals surface area contributed by atoms with Crippen LogP contribution in [0.5, 0.6) is 0 Å². The maximum absolute atomic E-state index is 7.61. The Morgan fingerprint density at radius 2 is 1.13 bits per heavy atom. The largest absolute Gasteiger partial charge is 0.468 e. The van der Waals surface area contributed by atoms with Crippen molar-refractivity contribution in [2.45, 2.75) is 205 Å². The van der Waals surface area contributed by atoms with Crippen LogP contribution in [0.2, 0.25) is 10.1 Å². The first-order chi connectivity index (χ1) is 24.5. The molecule has 7 aliphatic rings. The van der Waals surface area contributed by atoms with Crippen molar-refractivity contribution in [3.8, 4) is 0 Å². The molecule has 0 aromatic rings. The Morgan fingerprint density at radius 3 is 1.60 bits per heavy atom. The molecule has 300 valence electrons. The van der Waals surface area contributed by atoms with Gasteiger partial charge in [-0.3, -0.25) is 0 Å². The molecule has 0 aromatic carbocycles. The average Bonchev–Trinajstić information content (AvgIpc) is 3.94. The maximum Gasteiger partial charge on any atom is 0.152 e. The fourth-order valence-corrected chi connectivity index (χ4v) is 22.1. The van der Waals surface area contributed by atoms with E-state index in [0.29, 0.717) is 36.3 Å². The lowest BCUT2D eigenvalue weighted by Crippen LogP contribution is -2.58. The molecule has 6 nitrogen and oxygen atoms in total. The highest BCUT2D eigenvalue weighted by molar-refractivity contribution is 6.39. The van der Waals surface area contributed by atoms with E-state index in [-0.39, 0.29) is 42.9 Å². The standard InChI is InChI=1S/C42H80O6Si4/c1-11-41(51-47-49,28-15-17-31-33(22-28)45-31)35(3,4)37(7,8)43-25-39-21-19-27(24-39)30-14-13-20-40(30,39)26-44-38(9,10)36(5,6)42(12-2,52-48-50)29-16-18-32-34(23-29)46-32/h27-34H,11-26,51-52H2,1-10,49-50H3. The molecule has 12 unspecified atom stereocenters. The van der Waals surface area contributed by atoms with Gasteiger partial charge in [0.05, 0.1) is 48.8 Å². The third-order valence-corrected chi connectivity index (χ3v) is 26.9. The molecule has 0 aromatic heterocycles. The van der Waals surface area contributed by atoms with Crippen molar-refractivity contribution in [1.82, 2.24) is 0 Å². The summed E-state index contributed by atoms with van der Waals surface area (Å²) in [4.78, 5) is 0. The highest BCUT2D eigenvalue weighted by atomic mass is 28.3. The fraction of sp³-hybridized carbons (Fsp3) is 1.00. The first-order valence-electron chi connectivity index (χ1n) is 22.0. The van der Waals surface area contributed by atoms with Gasteiger partial charge in [0, 0.05) is 10.8 Å². The minimum atomic E-state index is -0.745. The molecular formula is C42H80O6Si4. The van der Waals surface area contributed by atoms with E-state index in [1.807, 2.05) is 0 Å². The molecule has 52 heavy (non-hydrogen) atoms. The van der Waals surface area contributed by atoms with Crippen molar-refractivity contribution in [2.24, 2.45) is 45.3 Å². The summed E-state index contributed by atoms with van der Waals surface area (Å²) in [6.45, 7) is 26.7. The Bertz CT molecular complexity index is 1290. The number of hydrogen-bond donors (Lipinski definition) is 0. The number of rotatable bonds is 18. The van der Waals surface area contributed by atoms with Gasteiger partial charge in [0.25, 0.3) is 0 Å². The molecule has 7 rings (SSSR count). The van der Waals surface area contributed by atoms with Crippen LogP contribution in [0.3, 0.4) is 0 Å². The molecule has 5 saturated carbocycles. The predicted octanol–water partition coefficient (Wildman–Crippen LogP) is 6.25. The summed E-state index contributed by atoms with van der Waals surface area (Å²) < 4.78 is 40.2. The van der Waals surface area contributed by atoms with E-state index >= 15 is 0 Å². The van der Waals surface area contributed by atoms with Gasteiger partial charge in [-0.2, -0.15) is 0 Å². The zero-order chi connectivity index (χ0) is 37.6. The first kappa shape index (κ1) is 40.8. The van der Waals surface area contributed by atoms with Crippen LogP contribution in [0.15, 0.2) is 0 Å². The second-order valence-electron chi connectivity index (χ2n) is 21.6. The first-order valence-corrected chi connectivity index (χ1v) is 26.2. The highest BCUT2D eigenvalue weighted by Gasteiger charge is 2.70. The van der Waals surface area contributed by atoms with Crippen LogP contribution < -0.4 is 0 Å². The lowest BCUT2D eigenvalue weighted by atomic mass is 9.57. The van der Waals surface area contributed by atoms with Crippen molar-refractivity contribution in [2.75, 3.05) is 13.2 Å². The second kappa shape index (κ2) is 14.2. The lowest BCUT2D eigenvalue weighted by molar-refractivity contribution is -0.201. The molecule has 2 saturated heterocycles. The SMILES string of the molecule is CCC([SiH2]O[SiH3])(C1CCC2OC2C1)C(C)(C)C(C)(C)OCC12CCC(C1)C1CCCC12COC(C)(C)C(C)(C)C(CC)([SiH2]O[SiH3])C1CCC2OC2C1. The second-order valence-corrected chi connectivity index (χ2v) is 29.3. The molecule has 2 bridgehead atoms. The molecule has 0 spiro atoms. The van der Waals surface area contributed by atoms with E-state index in [9.17, 15) is 0 Å². The summed E-state index contributed by atoms with van der Waals surface area (Å²) in [6, 6.07) is 0. The summed E-state index contributed by atoms with van der Waals surface area (Å²) in [5.41, 5.74) is -0.0910. The van der Waals surface area contributed by atoms with Gasteiger partial charge in [0.1, 0.15) is 21.0 Å². The average molecular weight is 793 g/mol. The number of hydrogen-bond acceptors (Lipinski definition) is 6. The number of ether oxygens (including phenoxy) is 4. The molecular weight excluding hydrogens is 713 g/mol. The predicted molar refractivity (Wildman–Crippen MR) is 224 cm³/mol. The summed E-state index contributed by atoms with van der Waals surface area (Å²) in [5, 5.41) is 0.412. The van der Waals surface area contributed by atoms with Gasteiger partial charge in [-0.1, -0.05) is 60.8 Å². The van der Waals surface area contributed by atoms with Crippen LogP contribution in [0.1, 0.15) is 159 Å². The Balaban J connectivity index is 1.12. The molecule has 2 heterocycles. The van der Waals surface area contributed by atoms with Crippen LogP contribution >= 0.6 is 0 Å². The quantitative estimate of drug-likeness (QED) is 0.121. The third kappa shape index (κ3) is 6.04. The van der Waals surface area contributed by atoms with Gasteiger partial charge in [-0.15, -0.1) is 0 Å². The normalized spacial score (nSPS) is 41.4. The van der Waals surface area contributed by atoms with E-state index in [0.717, 1.165) is 46.0 Å². The lowest BCUT2D eigenvalue weighted by Gasteiger charge is -2.60. The van der Waals surface area contributed by atoms with Crippen molar-refractivity contribution in [3.05, 3.63) is 0 Å². The third-order valence-electron chi connectivity index (χ3n) is 19.7. The van der Waals surface area contributed by atoms with Crippen LogP contribution in [0, 0.1) is 45.3 Å². The van der Waals surface area contributed by atoms with Crippen molar-refractivity contribution < 1.29 is 27.2 Å². The topological polar surface area (TPSA) is 62.0 Å². The Kier molecular flexibility index (Phi) is 11.1. The maximum atomic E-state index is 7.61. The Morgan fingerprint density at radius 1 is 0.635 bits per heavy atom. The van der Waals surface area contributed by atoms with E-state index in [1.54, 1.807) is 0 Å². The van der Waals surface area contributed by atoms with E-state index in [2.05, 4.69) is 69.2 Å². The smallest absolute Gasteiger partial charge is 0.152 e. The molecule has 0 radical (unpaired) electrons. The van der Waals surface area contributed by atoms with Crippen molar-refractivity contribution in [3.63, 3.8) is 0 Å². The van der Waals surface area contributed by atoms with Gasteiger partial charge in [0.15, 0.2) is 19.5 Å². The molecule has 7 fully saturated rings. The van der Waals surface area contributed by atoms with E-state index in [4.69, 9.17) is 27.2 Å². The van der Waals surface area contributed by atoms with Crippen LogP contribution in [0.4, 0.5) is 0 Å². The summed E-state index contributed by atoms with van der Waals surface area (Å²) in [6.07, 6.45) is 20.0. The zero-order valence-electron chi connectivity index (χ0n) is 35.8. The van der Waals surface area contributed by atoms with Crippen LogP contribution in [-0.4, -0.2) is 89.3 Å². The van der Waals surface area contributed by atoms with Gasteiger partial charge < -0.3 is 27.2 Å². The van der Waals surface area contributed by atoms with Gasteiger partial charge in [-0.05, 0) is 143 Å². The van der Waals surface area contributed by atoms with Gasteiger partial charge >= 0.3 is 0 Å². The highest BCUT2D eigenvalue weighted by Crippen LogP contribution is 2.74. The summed E-state index contributed by atoms with van der Waals surface area (Å²) in [5.74, 6) is 2.98. The number of fused-ring (bicyclic) bond motifs is 7. The number of epoxide rings is 2. The molecule has 5 aliphatic carbocycles. The van der Waals surface area contributed by atoms with E-state index < -0.39 is 19.5 Å². The monoisotopic (exact) mass is 793 g/mol. The van der Waals surface area contributed by atoms with Crippen LogP contribution in [-0.2, 0) is 27.2 Å². The molecule has 0 amide bonds. The fourth-order valence-electron chi connectivity index (χ4n) is 14.8. The molecule has 2 aliphatic heterocycles. The minimum absolute atomic E-state index is 0.00195. The van der Waals surface area contributed by atoms with Gasteiger partial charge in [0.2, 0.25) is 0 Å². The molecule has 12 atom stereocenters. The molecule has 0 N–H and O–H groups in total. The minimum Gasteiger partial charge on any atom is -0.468 e. The summed E-state index contributed by atoms with van der Waals surface area (Å²) in [7, 11) is 0.188. The van der Waals surface area contributed by atoms with Crippen molar-refractivity contribution in [1.29, 1.82) is 0 Å². The Hall–Kier alpha value is 0.628. The van der Waals surface area contributed by atoms with E-state index in [1.165, 1.54) is 89.9 Å². The summed E-state index contributed by atoms with van der Waals surface area (Å²) >= 11 is 0. The Labute approximate surface area is 329 Å². The zero-order valence-corrected chi connectivity index (χ0v) is 42.6. The van der Waals surface area contributed by atoms with Gasteiger partial charge in [-0.25, -0.2) is 0 Å². The van der Waals surface area contributed by atoms with Crippen LogP contribution in [0.25, 0.3) is 0 Å². The van der Waals surface area contributed by atoms with Crippen molar-refractivity contribution >= 4 is 40.5 Å². The molecule has 10 heteroatoms.